The lowest BCUT2D eigenvalue weighted by Gasteiger charge is -2.33. The van der Waals surface area contributed by atoms with Crippen LogP contribution in [0.25, 0.3) is 0 Å². The quantitative estimate of drug-likeness (QED) is 0.259. The summed E-state index contributed by atoms with van der Waals surface area (Å²) in [5, 5.41) is 10.5. The highest BCUT2D eigenvalue weighted by atomic mass is 35.5. The van der Waals surface area contributed by atoms with Gasteiger partial charge in [0.05, 0.1) is 6.04 Å². The van der Waals surface area contributed by atoms with Gasteiger partial charge in [-0.05, 0) is 43.3 Å². The van der Waals surface area contributed by atoms with Crippen LogP contribution in [0.15, 0.2) is 30.3 Å². The molecule has 180 valence electrons. The number of alkyl halides is 3. The minimum absolute atomic E-state index is 0.0882. The Morgan fingerprint density at radius 1 is 1.33 bits per heavy atom. The molecule has 0 unspecified atom stereocenters. The third kappa shape index (κ3) is 6.71. The Balaban J connectivity index is 1.66. The number of thiocarbonyl (C=S) groups is 1. The summed E-state index contributed by atoms with van der Waals surface area (Å²) in [6, 6.07) is 5.32. The van der Waals surface area contributed by atoms with Crippen molar-refractivity contribution in [2.75, 3.05) is 25.1 Å². The van der Waals surface area contributed by atoms with Crippen molar-refractivity contribution in [3.63, 3.8) is 0 Å². The van der Waals surface area contributed by atoms with Crippen LogP contribution in [-0.4, -0.2) is 46.7 Å². The van der Waals surface area contributed by atoms with E-state index in [9.17, 15) is 18.0 Å². The van der Waals surface area contributed by atoms with E-state index in [4.69, 9.17) is 28.6 Å². The number of rotatable bonds is 7. The molecular formula is C20H24ClF3N6O2S. The number of benzene rings is 1. The van der Waals surface area contributed by atoms with E-state index in [0.717, 1.165) is 11.1 Å². The average molecular weight is 505 g/mol. The number of anilines is 1. The van der Waals surface area contributed by atoms with Gasteiger partial charge < -0.3 is 15.4 Å². The van der Waals surface area contributed by atoms with Gasteiger partial charge >= 0.3 is 6.18 Å². The largest absolute Gasteiger partial charge is 0.410 e. The summed E-state index contributed by atoms with van der Waals surface area (Å²) in [6.45, 7) is 3.62. The number of hydrogen-bond acceptors (Lipinski definition) is 5. The summed E-state index contributed by atoms with van der Waals surface area (Å²) in [6.07, 6.45) is -4.11. The smallest absolute Gasteiger partial charge is 0.382 e. The van der Waals surface area contributed by atoms with E-state index >= 15 is 0 Å². The Morgan fingerprint density at radius 2 is 2.06 bits per heavy atom. The molecule has 0 fully saturated rings. The first-order chi connectivity index (χ1) is 15.7. The normalized spacial score (nSPS) is 17.6. The molecule has 0 saturated carbocycles. The minimum atomic E-state index is -4.55. The predicted molar refractivity (Wildman–Crippen MR) is 122 cm³/mol. The Morgan fingerprint density at radius 3 is 2.73 bits per heavy atom. The number of hydrazine groups is 1. The van der Waals surface area contributed by atoms with Crippen LogP contribution in [0.4, 0.5) is 19.0 Å². The first-order valence-corrected chi connectivity index (χ1v) is 11.1. The molecule has 3 rings (SSSR count). The zero-order chi connectivity index (χ0) is 24.0. The second-order valence-electron chi connectivity index (χ2n) is 7.29. The lowest BCUT2D eigenvalue weighted by Crippen LogP contribution is -2.47. The fourth-order valence-corrected chi connectivity index (χ4v) is 3.62. The van der Waals surface area contributed by atoms with E-state index in [1.54, 1.807) is 24.3 Å². The van der Waals surface area contributed by atoms with Crippen LogP contribution < -0.4 is 21.5 Å². The third-order valence-corrected chi connectivity index (χ3v) is 5.44. The number of nitrogens with zero attached hydrogens (tertiary/aromatic N) is 2. The molecule has 0 spiro atoms. The number of aromatic nitrogens is 2. The lowest BCUT2D eigenvalue weighted by molar-refractivity contribution is -0.173. The van der Waals surface area contributed by atoms with Gasteiger partial charge in [-0.3, -0.25) is 15.6 Å². The molecule has 4 N–H and O–H groups in total. The van der Waals surface area contributed by atoms with Crippen LogP contribution in [-0.2, 0) is 4.74 Å². The summed E-state index contributed by atoms with van der Waals surface area (Å²) >= 11 is 10.9. The molecule has 0 aliphatic carbocycles. The Hall–Kier alpha value is -2.57. The zero-order valence-electron chi connectivity index (χ0n) is 17.7. The van der Waals surface area contributed by atoms with Crippen molar-refractivity contribution < 1.29 is 22.7 Å². The van der Waals surface area contributed by atoms with Gasteiger partial charge in [-0.2, -0.15) is 18.3 Å². The molecule has 2 heterocycles. The summed E-state index contributed by atoms with van der Waals surface area (Å²) < 4.78 is 47.3. The molecule has 33 heavy (non-hydrogen) atoms. The molecule has 1 aromatic carbocycles. The summed E-state index contributed by atoms with van der Waals surface area (Å²) in [5.41, 5.74) is 5.31. The molecule has 0 saturated heterocycles. The van der Waals surface area contributed by atoms with Crippen molar-refractivity contribution in [2.45, 2.75) is 38.0 Å². The first kappa shape index (κ1) is 25.1. The number of fused-ring (bicyclic) bond motifs is 1. The molecule has 0 bridgehead atoms. The van der Waals surface area contributed by atoms with Gasteiger partial charge in [0.2, 0.25) is 0 Å². The van der Waals surface area contributed by atoms with Crippen molar-refractivity contribution in [2.24, 2.45) is 0 Å². The molecule has 1 aromatic heterocycles. The topological polar surface area (TPSA) is 92.2 Å². The Bertz CT molecular complexity index is 970. The van der Waals surface area contributed by atoms with Gasteiger partial charge in [-0.25, -0.2) is 4.68 Å². The van der Waals surface area contributed by atoms with Gasteiger partial charge in [0.15, 0.2) is 16.8 Å². The number of hydrogen-bond donors (Lipinski definition) is 4. The maximum atomic E-state index is 13.8. The Labute approximate surface area is 199 Å². The van der Waals surface area contributed by atoms with Crippen molar-refractivity contribution in [1.29, 1.82) is 0 Å². The van der Waals surface area contributed by atoms with Crippen molar-refractivity contribution >= 4 is 40.7 Å². The van der Waals surface area contributed by atoms with Gasteiger partial charge in [0.25, 0.3) is 5.91 Å². The van der Waals surface area contributed by atoms with E-state index in [0.29, 0.717) is 30.3 Å². The second-order valence-corrected chi connectivity index (χ2v) is 8.13. The van der Waals surface area contributed by atoms with E-state index in [1.165, 1.54) is 6.07 Å². The minimum Gasteiger partial charge on any atom is -0.382 e. The van der Waals surface area contributed by atoms with Crippen LogP contribution in [0.1, 0.15) is 47.9 Å². The lowest BCUT2D eigenvalue weighted by atomic mass is 9.97. The van der Waals surface area contributed by atoms with E-state index < -0.39 is 24.2 Å². The van der Waals surface area contributed by atoms with Gasteiger partial charge in [0.1, 0.15) is 5.82 Å². The number of amides is 1. The fraction of sp³-hybridized carbons (Fsp3) is 0.450. The highest BCUT2D eigenvalue weighted by Gasteiger charge is 2.46. The SMILES string of the molecule is CCOCCCNC(=S)NNC(=O)c1cc2n(n1)[C@@H](C(F)(F)F)C[C@H](c1ccc(Cl)cc1)N2. The number of carbonyl (C=O) groups is 1. The van der Waals surface area contributed by atoms with E-state index in [2.05, 4.69) is 26.6 Å². The molecule has 2 aromatic rings. The number of ether oxygens (including phenoxy) is 1. The maximum Gasteiger partial charge on any atom is 0.410 e. The monoisotopic (exact) mass is 504 g/mol. The molecule has 1 aliphatic rings. The second kappa shape index (κ2) is 11.0. The fourth-order valence-electron chi connectivity index (χ4n) is 3.34. The van der Waals surface area contributed by atoms with Crippen LogP contribution in [0, 0.1) is 0 Å². The standard InChI is InChI=1S/C20H24ClF3N6O2S/c1-2-32-9-3-8-25-19(33)28-27-18(31)15-11-17-26-14(12-4-6-13(21)7-5-12)10-16(20(22,23)24)30(17)29-15/h4-7,11,14,16,26H,2-3,8-10H2,1H3,(H,27,31)(H2,25,28,33)/t14-,16-/m1/s1. The van der Waals surface area contributed by atoms with Gasteiger partial charge in [-0.15, -0.1) is 0 Å². The third-order valence-electron chi connectivity index (χ3n) is 4.94. The molecule has 0 radical (unpaired) electrons. The average Bonchev–Trinajstić information content (AvgIpc) is 3.20. The Kier molecular flexibility index (Phi) is 8.38. The molecule has 13 heteroatoms. The number of carbonyl (C=O) groups excluding carboxylic acids is 1. The molecule has 2 atom stereocenters. The van der Waals surface area contributed by atoms with E-state index in [1.807, 2.05) is 6.92 Å². The van der Waals surface area contributed by atoms with Crippen molar-refractivity contribution in [3.8, 4) is 0 Å². The number of halogens is 4. The van der Waals surface area contributed by atoms with Crippen LogP contribution >= 0.6 is 23.8 Å². The van der Waals surface area contributed by atoms with Crippen LogP contribution in [0.2, 0.25) is 5.02 Å². The highest BCUT2D eigenvalue weighted by Crippen LogP contribution is 2.43. The summed E-state index contributed by atoms with van der Waals surface area (Å²) in [5.74, 6) is -0.633. The van der Waals surface area contributed by atoms with Crippen LogP contribution in [0.5, 0.6) is 0 Å². The zero-order valence-corrected chi connectivity index (χ0v) is 19.3. The molecule has 8 nitrogen and oxygen atoms in total. The maximum absolute atomic E-state index is 13.8. The molecule has 1 aliphatic heterocycles. The van der Waals surface area contributed by atoms with Crippen molar-refractivity contribution in [3.05, 3.63) is 46.6 Å². The first-order valence-electron chi connectivity index (χ1n) is 10.3. The van der Waals surface area contributed by atoms with E-state index in [-0.39, 0.29) is 23.0 Å². The van der Waals surface area contributed by atoms with Gasteiger partial charge in [-0.1, -0.05) is 23.7 Å². The predicted octanol–water partition coefficient (Wildman–Crippen LogP) is 3.73. The van der Waals surface area contributed by atoms with Crippen molar-refractivity contribution in [1.82, 2.24) is 25.9 Å². The number of nitrogens with one attached hydrogen (secondary N) is 4. The molecular weight excluding hydrogens is 481 g/mol. The summed E-state index contributed by atoms with van der Waals surface area (Å²) in [4.78, 5) is 12.4. The van der Waals surface area contributed by atoms with Crippen LogP contribution in [0.3, 0.4) is 0 Å². The summed E-state index contributed by atoms with van der Waals surface area (Å²) in [7, 11) is 0. The highest BCUT2D eigenvalue weighted by molar-refractivity contribution is 7.80. The molecule has 1 amide bonds. The van der Waals surface area contributed by atoms with Gasteiger partial charge in [0, 0.05) is 37.3 Å².